The lowest BCUT2D eigenvalue weighted by Gasteiger charge is -2.03. The van der Waals surface area contributed by atoms with E-state index in [1.54, 1.807) is 23.6 Å². The van der Waals surface area contributed by atoms with Crippen LogP contribution in [0.5, 0.6) is 0 Å². The Bertz CT molecular complexity index is 108. The monoisotopic (exact) mass is 406 g/mol. The standard InChI is InChI=1S/C6H24P10/c1-7-9-3-11-13-5-15-16-6-14-12-4-10-8-2/h7-16H,3-6H2,1-2H3. The zero-order chi connectivity index (χ0) is 11.9. The van der Waals surface area contributed by atoms with E-state index in [9.17, 15) is 0 Å². The molecule has 10 unspecified atom stereocenters. The van der Waals surface area contributed by atoms with Gasteiger partial charge in [0.15, 0.2) is 0 Å². The maximum atomic E-state index is 2.34. The van der Waals surface area contributed by atoms with Gasteiger partial charge in [-0.25, -0.2) is 0 Å². The van der Waals surface area contributed by atoms with Gasteiger partial charge in [-0.05, 0) is 36.9 Å². The lowest BCUT2D eigenvalue weighted by atomic mass is 11.9. The average Bonchev–Trinajstić information content (AvgIpc) is 2.31. The quantitative estimate of drug-likeness (QED) is 0.244. The highest BCUT2D eigenvalue weighted by molar-refractivity contribution is 8.27. The molecule has 0 N–H and O–H groups in total. The summed E-state index contributed by atoms with van der Waals surface area (Å²) in [6.45, 7) is 4.69. The van der Waals surface area contributed by atoms with E-state index in [1.165, 1.54) is 82.7 Å². The van der Waals surface area contributed by atoms with Crippen LogP contribution in [0, 0.1) is 0 Å². The van der Waals surface area contributed by atoms with E-state index < -0.39 is 0 Å². The molecule has 0 aromatic rings. The van der Waals surface area contributed by atoms with Crippen molar-refractivity contribution < 1.29 is 0 Å². The molecule has 98 valence electrons. The van der Waals surface area contributed by atoms with E-state index >= 15 is 0 Å². The Hall–Kier alpha value is 4.30. The first kappa shape index (κ1) is 20.3. The molecule has 0 bridgehead atoms. The summed E-state index contributed by atoms with van der Waals surface area (Å²) in [5, 5.41) is 0. The van der Waals surface area contributed by atoms with Crippen LogP contribution in [0.25, 0.3) is 0 Å². The van der Waals surface area contributed by atoms with Crippen molar-refractivity contribution in [3.8, 4) is 0 Å². The fourth-order valence-electron chi connectivity index (χ4n) is 0.729. The lowest BCUT2D eigenvalue weighted by Crippen LogP contribution is -1.55. The van der Waals surface area contributed by atoms with Crippen LogP contribution in [0.2, 0.25) is 0 Å². The smallest absolute Gasteiger partial charge is 0.0102 e. The third kappa shape index (κ3) is 18.3. The molecule has 0 aliphatic rings. The fourth-order valence-corrected chi connectivity index (χ4v) is 29.2. The Kier molecular flexibility index (Phi) is 24.5. The largest absolute Gasteiger partial charge is 0.102 e. The van der Waals surface area contributed by atoms with E-state index in [0.717, 1.165) is 0 Å². The van der Waals surface area contributed by atoms with Gasteiger partial charge in [-0.15, -0.1) is 16.5 Å². The zero-order valence-electron chi connectivity index (χ0n) is 9.83. The molecule has 0 rings (SSSR count). The molecule has 0 spiro atoms. The van der Waals surface area contributed by atoms with E-state index in [0.29, 0.717) is 0 Å². The molecular formula is C6H24P10. The molecule has 0 saturated carbocycles. The van der Waals surface area contributed by atoms with Gasteiger partial charge in [0.05, 0.1) is 0 Å². The summed E-state index contributed by atoms with van der Waals surface area (Å²) in [5.41, 5.74) is 0. The first-order chi connectivity index (χ1) is 7.91. The van der Waals surface area contributed by atoms with Crippen LogP contribution in [-0.2, 0) is 0 Å². The minimum Gasteiger partial charge on any atom is -0.102 e. The molecule has 16 heavy (non-hydrogen) atoms. The van der Waals surface area contributed by atoms with Crippen LogP contribution >= 0.6 is 82.7 Å². The van der Waals surface area contributed by atoms with Crippen molar-refractivity contribution >= 4 is 82.7 Å². The number of hydrogen-bond acceptors (Lipinski definition) is 0. The first-order valence-electron chi connectivity index (χ1n) is 5.08. The second-order valence-electron chi connectivity index (χ2n) is 2.62. The van der Waals surface area contributed by atoms with Crippen LogP contribution in [0.4, 0.5) is 0 Å². The predicted molar refractivity (Wildman–Crippen MR) is 114 cm³/mol. The predicted octanol–water partition coefficient (Wildman–Crippen LogP) is 6.44. The Balaban J connectivity index is 2.83. The normalized spacial score (nSPS) is 18.4. The number of hydrogen-bond donors (Lipinski definition) is 0. The molecule has 0 amide bonds. The fraction of sp³-hybridized carbons (Fsp3) is 1.00. The van der Waals surface area contributed by atoms with Crippen molar-refractivity contribution in [1.82, 2.24) is 0 Å². The SMILES string of the molecule is CPPCPPCPPCPPCPPC. The highest BCUT2D eigenvalue weighted by Gasteiger charge is 1.91. The lowest BCUT2D eigenvalue weighted by molar-refractivity contribution is 2.23. The van der Waals surface area contributed by atoms with Gasteiger partial charge in [-0.2, -0.15) is 0 Å². The molecule has 0 aliphatic carbocycles. The van der Waals surface area contributed by atoms with Gasteiger partial charge in [0.25, 0.3) is 0 Å². The third-order valence-electron chi connectivity index (χ3n) is 1.44. The van der Waals surface area contributed by atoms with E-state index in [2.05, 4.69) is 13.3 Å². The van der Waals surface area contributed by atoms with Crippen LogP contribution in [0.1, 0.15) is 0 Å². The highest BCUT2D eigenvalue weighted by Crippen LogP contribution is 2.56. The molecule has 0 aromatic heterocycles. The van der Waals surface area contributed by atoms with Crippen molar-refractivity contribution in [2.24, 2.45) is 0 Å². The van der Waals surface area contributed by atoms with Crippen LogP contribution in [0.3, 0.4) is 0 Å². The van der Waals surface area contributed by atoms with Crippen molar-refractivity contribution in [3.05, 3.63) is 0 Å². The van der Waals surface area contributed by atoms with Crippen molar-refractivity contribution in [3.63, 3.8) is 0 Å². The van der Waals surface area contributed by atoms with E-state index in [-0.39, 0.29) is 0 Å². The molecule has 0 aromatic carbocycles. The van der Waals surface area contributed by atoms with Crippen LogP contribution in [-0.4, -0.2) is 36.9 Å². The number of rotatable bonds is 13. The van der Waals surface area contributed by atoms with Crippen molar-refractivity contribution in [2.45, 2.75) is 0 Å². The zero-order valence-corrected chi connectivity index (χ0v) is 19.8. The van der Waals surface area contributed by atoms with Gasteiger partial charge in [-0.3, -0.25) is 0 Å². The van der Waals surface area contributed by atoms with Crippen LogP contribution < -0.4 is 0 Å². The van der Waals surface area contributed by atoms with Crippen molar-refractivity contribution in [2.75, 3.05) is 36.9 Å². The van der Waals surface area contributed by atoms with Gasteiger partial charge < -0.3 is 0 Å². The topological polar surface area (TPSA) is 0 Å². The molecule has 0 aliphatic heterocycles. The molecule has 10 heteroatoms. The summed E-state index contributed by atoms with van der Waals surface area (Å²) in [5.74, 6) is 6.28. The minimum atomic E-state index is 1.22. The van der Waals surface area contributed by atoms with Gasteiger partial charge >= 0.3 is 0 Å². The average molecular weight is 406 g/mol. The second-order valence-corrected chi connectivity index (χ2v) is 23.6. The molecule has 0 fully saturated rings. The minimum absolute atomic E-state index is 1.22. The molecule has 0 heterocycles. The summed E-state index contributed by atoms with van der Waals surface area (Å²) in [4.78, 5) is 0. The first-order valence-corrected chi connectivity index (χ1v) is 22.7. The Morgan fingerprint density at radius 3 is 0.938 bits per heavy atom. The third-order valence-corrected chi connectivity index (χ3v) is 25.6. The Morgan fingerprint density at radius 1 is 0.438 bits per heavy atom. The molecule has 10 atom stereocenters. The maximum absolute atomic E-state index is 2.34. The molecule has 0 saturated heterocycles. The van der Waals surface area contributed by atoms with E-state index in [1.807, 2.05) is 0 Å². The maximum Gasteiger partial charge on any atom is -0.0102 e. The Labute approximate surface area is 119 Å². The van der Waals surface area contributed by atoms with E-state index in [4.69, 9.17) is 0 Å². The summed E-state index contributed by atoms with van der Waals surface area (Å²) in [6.07, 6.45) is 0. The summed E-state index contributed by atoms with van der Waals surface area (Å²) in [7, 11) is 12.9. The van der Waals surface area contributed by atoms with Gasteiger partial charge in [0, 0.05) is 0 Å². The van der Waals surface area contributed by atoms with Crippen LogP contribution in [0.15, 0.2) is 0 Å². The second kappa shape index (κ2) is 19.3. The van der Waals surface area contributed by atoms with Crippen molar-refractivity contribution in [1.29, 1.82) is 0 Å². The van der Waals surface area contributed by atoms with Gasteiger partial charge in [0.2, 0.25) is 0 Å². The summed E-state index contributed by atoms with van der Waals surface area (Å²) in [6, 6.07) is 0. The van der Waals surface area contributed by atoms with Gasteiger partial charge in [-0.1, -0.05) is 66.2 Å². The molecular weight excluding hydrogens is 382 g/mol. The molecule has 0 radical (unpaired) electrons. The molecule has 0 nitrogen and oxygen atoms in total. The summed E-state index contributed by atoms with van der Waals surface area (Å²) < 4.78 is 0. The summed E-state index contributed by atoms with van der Waals surface area (Å²) >= 11 is 0. The highest BCUT2D eigenvalue weighted by atomic mass is 32.1. The Morgan fingerprint density at radius 2 is 0.688 bits per heavy atom. The van der Waals surface area contributed by atoms with Gasteiger partial charge in [0.1, 0.15) is 0 Å².